The molecule has 0 bridgehead atoms. The minimum atomic E-state index is -5.59. The third-order valence-electron chi connectivity index (χ3n) is 2.67. The van der Waals surface area contributed by atoms with Crippen LogP contribution in [0.15, 0.2) is 0 Å². The van der Waals surface area contributed by atoms with E-state index in [1.54, 1.807) is 0 Å². The Kier molecular flexibility index (Phi) is 5.15. The Balaban J connectivity index is 3.26. The van der Waals surface area contributed by atoms with Crippen LogP contribution in [0.25, 0.3) is 0 Å². The molecule has 1 aliphatic rings. The highest BCUT2D eigenvalue weighted by Crippen LogP contribution is 2.67. The van der Waals surface area contributed by atoms with Crippen molar-refractivity contribution in [3.8, 4) is 0 Å². The monoisotopic (exact) mass is 340 g/mol. The van der Waals surface area contributed by atoms with Crippen LogP contribution in [0.2, 0.25) is 0 Å². The van der Waals surface area contributed by atoms with Crippen LogP contribution < -0.4 is 0 Å². The molecule has 1 unspecified atom stereocenters. The first-order valence-electron chi connectivity index (χ1n) is 4.98. The van der Waals surface area contributed by atoms with Crippen molar-refractivity contribution in [2.75, 3.05) is 6.61 Å². The van der Waals surface area contributed by atoms with E-state index in [9.17, 15) is 34.4 Å². The minimum Gasteiger partial charge on any atom is -0.393 e. The quantitative estimate of drug-likeness (QED) is 0.233. The summed E-state index contributed by atoms with van der Waals surface area (Å²) in [5, 5.41) is 43.5. The lowest BCUT2D eigenvalue weighted by Gasteiger charge is -2.46. The zero-order chi connectivity index (χ0) is 15.9. The van der Waals surface area contributed by atoms with Crippen molar-refractivity contribution in [2.24, 2.45) is 0 Å². The van der Waals surface area contributed by atoms with Gasteiger partial charge in [-0.05, 0) is 0 Å². The molecule has 120 valence electrons. The van der Waals surface area contributed by atoms with Gasteiger partial charge in [-0.25, -0.2) is 8.88 Å². The molecule has 0 aromatic carbocycles. The van der Waals surface area contributed by atoms with Crippen LogP contribution in [0.5, 0.6) is 0 Å². The zero-order valence-electron chi connectivity index (χ0n) is 9.62. The molecule has 1 saturated heterocycles. The first-order chi connectivity index (χ1) is 8.88. The van der Waals surface area contributed by atoms with E-state index in [1.807, 2.05) is 0 Å². The highest BCUT2D eigenvalue weighted by molar-refractivity contribution is 7.64. The van der Waals surface area contributed by atoms with Crippen molar-refractivity contribution in [3.63, 3.8) is 0 Å². The first kappa shape index (κ1) is 18.1. The van der Waals surface area contributed by atoms with Gasteiger partial charge in [0.1, 0.15) is 18.3 Å². The van der Waals surface area contributed by atoms with E-state index in [2.05, 4.69) is 9.05 Å². The number of aliphatic hydroxyl groups is 5. The average molecular weight is 340 g/mol. The summed E-state index contributed by atoms with van der Waals surface area (Å²) in [6, 6.07) is 0. The Morgan fingerprint density at radius 1 is 1.05 bits per heavy atom. The lowest BCUT2D eigenvalue weighted by atomic mass is 9.99. The van der Waals surface area contributed by atoms with E-state index in [4.69, 9.17) is 14.9 Å². The number of hydrogen-bond acceptors (Lipinski definition) is 9. The van der Waals surface area contributed by atoms with Crippen molar-refractivity contribution in [3.05, 3.63) is 0 Å². The molecule has 1 fully saturated rings. The number of phosphoric acid groups is 1. The molecule has 12 nitrogen and oxygen atoms in total. The Labute approximate surface area is 111 Å². The molecule has 1 rings (SSSR count). The Bertz CT molecular complexity index is 447. The van der Waals surface area contributed by atoms with Crippen molar-refractivity contribution >= 4 is 15.4 Å². The van der Waals surface area contributed by atoms with Crippen LogP contribution in [-0.2, 0) is 18.2 Å². The Morgan fingerprint density at radius 3 is 1.95 bits per heavy atom. The fraction of sp³-hybridized carbons (Fsp3) is 1.00. The van der Waals surface area contributed by atoms with E-state index in [0.29, 0.717) is 0 Å². The van der Waals surface area contributed by atoms with Gasteiger partial charge in [-0.15, -0.1) is 0 Å². The molecule has 0 saturated carbocycles. The number of rotatable bonds is 4. The summed E-state index contributed by atoms with van der Waals surface area (Å²) in [7, 11) is -11.1. The number of aliphatic hydroxyl groups excluding tert-OH is 5. The topological polar surface area (TPSA) is 214 Å². The molecular weight excluding hydrogens is 326 g/mol. The SMILES string of the molecule is O=P(O)(O)OP(=O)(O)[C@]1(CO)O[C@H](O)[C@H](O)[C@@H](O)[C@H]1O. The van der Waals surface area contributed by atoms with Crippen molar-refractivity contribution in [1.29, 1.82) is 0 Å². The van der Waals surface area contributed by atoms with Gasteiger partial charge >= 0.3 is 15.4 Å². The highest BCUT2D eigenvalue weighted by Gasteiger charge is 2.65. The third kappa shape index (κ3) is 3.12. The molecule has 0 aliphatic carbocycles. The van der Waals surface area contributed by atoms with Gasteiger partial charge in [0, 0.05) is 0 Å². The standard InChI is InChI=1S/C6H14O12P2/c7-1-6(19(12,13)18-20(14,15)16)4(10)2(8)3(9)5(11)17-6/h2-5,7-11H,1H2,(H,12,13)(H2,14,15,16)/t2-,3-,4-,5+,6+/m1/s1. The Morgan fingerprint density at radius 2 is 1.55 bits per heavy atom. The van der Waals surface area contributed by atoms with Crippen LogP contribution in [-0.4, -0.2) is 76.8 Å². The second kappa shape index (κ2) is 5.69. The normalized spacial score (nSPS) is 42.2. The van der Waals surface area contributed by atoms with Crippen LogP contribution >= 0.6 is 15.4 Å². The molecule has 1 heterocycles. The molecule has 20 heavy (non-hydrogen) atoms. The second-order valence-electron chi connectivity index (χ2n) is 4.03. The molecule has 0 spiro atoms. The van der Waals surface area contributed by atoms with E-state index in [-0.39, 0.29) is 0 Å². The predicted molar refractivity (Wildman–Crippen MR) is 57.9 cm³/mol. The second-order valence-corrected chi connectivity index (χ2v) is 7.46. The maximum atomic E-state index is 11.8. The van der Waals surface area contributed by atoms with E-state index < -0.39 is 52.0 Å². The van der Waals surface area contributed by atoms with Gasteiger partial charge in [0.15, 0.2) is 6.29 Å². The summed E-state index contributed by atoms with van der Waals surface area (Å²) < 4.78 is 30.4. The molecule has 0 radical (unpaired) electrons. The van der Waals surface area contributed by atoms with Gasteiger partial charge in [-0.1, -0.05) is 0 Å². The summed E-state index contributed by atoms with van der Waals surface area (Å²) in [6.45, 7) is -1.55. The summed E-state index contributed by atoms with van der Waals surface area (Å²) >= 11 is 0. The fourth-order valence-electron chi connectivity index (χ4n) is 1.64. The molecular formula is C6H14O12P2. The smallest absolute Gasteiger partial charge is 0.393 e. The van der Waals surface area contributed by atoms with Gasteiger partial charge in [0.2, 0.25) is 5.34 Å². The molecule has 0 aromatic heterocycles. The predicted octanol–water partition coefficient (Wildman–Crippen LogP) is -3.60. The van der Waals surface area contributed by atoms with Crippen molar-refractivity contribution in [2.45, 2.75) is 29.9 Å². The fourth-order valence-corrected chi connectivity index (χ4v) is 4.25. The average Bonchev–Trinajstić information content (AvgIpc) is 2.28. The first-order valence-corrected chi connectivity index (χ1v) is 8.09. The zero-order valence-corrected chi connectivity index (χ0v) is 11.4. The Hall–Kier alpha value is 0.0600. The van der Waals surface area contributed by atoms with Crippen molar-refractivity contribution < 1.29 is 58.4 Å². The van der Waals surface area contributed by atoms with E-state index in [1.165, 1.54) is 0 Å². The summed E-state index contributed by atoms with van der Waals surface area (Å²) in [5.74, 6) is 0. The molecule has 0 aromatic rings. The van der Waals surface area contributed by atoms with Gasteiger partial charge in [-0.3, -0.25) is 4.57 Å². The van der Waals surface area contributed by atoms with Crippen LogP contribution in [0.4, 0.5) is 0 Å². The number of hydrogen-bond donors (Lipinski definition) is 8. The lowest BCUT2D eigenvalue weighted by Crippen LogP contribution is -2.65. The molecule has 8 N–H and O–H groups in total. The maximum absolute atomic E-state index is 11.8. The molecule has 1 aliphatic heterocycles. The molecule has 6 atom stereocenters. The third-order valence-corrected chi connectivity index (χ3v) is 5.88. The minimum absolute atomic E-state index is 1.55. The maximum Gasteiger partial charge on any atom is 0.476 e. The summed E-state index contributed by atoms with van der Waals surface area (Å²) in [5.41, 5.74) is 0. The van der Waals surface area contributed by atoms with Gasteiger partial charge in [0.05, 0.1) is 6.61 Å². The van der Waals surface area contributed by atoms with Gasteiger partial charge in [-0.2, -0.15) is 0 Å². The lowest BCUT2D eigenvalue weighted by molar-refractivity contribution is -0.305. The summed E-state index contributed by atoms with van der Waals surface area (Å²) in [4.78, 5) is 26.6. The molecule has 14 heteroatoms. The molecule has 0 amide bonds. The van der Waals surface area contributed by atoms with E-state index >= 15 is 0 Å². The summed E-state index contributed by atoms with van der Waals surface area (Å²) in [6.07, 6.45) is -9.12. The van der Waals surface area contributed by atoms with E-state index in [0.717, 1.165) is 0 Å². The van der Waals surface area contributed by atoms with Crippen LogP contribution in [0, 0.1) is 0 Å². The van der Waals surface area contributed by atoms with Gasteiger partial charge in [0.25, 0.3) is 0 Å². The number of ether oxygens (including phenoxy) is 1. The largest absolute Gasteiger partial charge is 0.476 e. The van der Waals surface area contributed by atoms with Crippen molar-refractivity contribution in [1.82, 2.24) is 0 Å². The van der Waals surface area contributed by atoms with Gasteiger partial charge < -0.3 is 44.9 Å². The van der Waals surface area contributed by atoms with Crippen LogP contribution in [0.3, 0.4) is 0 Å². The highest BCUT2D eigenvalue weighted by atomic mass is 31.3. The van der Waals surface area contributed by atoms with Crippen LogP contribution in [0.1, 0.15) is 0 Å².